The molecule has 0 saturated heterocycles. The molecule has 1 aromatic heterocycles. The molecule has 1 atom stereocenters. The number of allylic oxidation sites excluding steroid dienone is 1. The van der Waals surface area contributed by atoms with Gasteiger partial charge >= 0.3 is 0 Å². The van der Waals surface area contributed by atoms with E-state index in [0.717, 1.165) is 23.3 Å². The Morgan fingerprint density at radius 3 is 1.70 bits per heavy atom. The highest BCUT2D eigenvalue weighted by atomic mass is 16.3. The molecule has 0 bridgehead atoms. The highest BCUT2D eigenvalue weighted by Gasteiger charge is 2.23. The first-order valence-corrected chi connectivity index (χ1v) is 19.0. The number of furan rings is 1. The normalized spacial score (nSPS) is 14.1. The van der Waals surface area contributed by atoms with E-state index in [-0.39, 0.29) is 0 Å². The van der Waals surface area contributed by atoms with Gasteiger partial charge in [-0.05, 0) is 101 Å². The van der Waals surface area contributed by atoms with Crippen LogP contribution in [0.5, 0.6) is 0 Å². The van der Waals surface area contributed by atoms with E-state index in [0.29, 0.717) is 5.92 Å². The van der Waals surface area contributed by atoms with Crippen molar-refractivity contribution in [3.63, 3.8) is 0 Å². The van der Waals surface area contributed by atoms with Crippen molar-refractivity contribution in [2.45, 2.75) is 19.3 Å². The Morgan fingerprint density at radius 1 is 0.426 bits per heavy atom. The molecule has 0 fully saturated rings. The maximum Gasteiger partial charge on any atom is 0.142 e. The lowest BCUT2D eigenvalue weighted by Crippen LogP contribution is -1.95. The van der Waals surface area contributed by atoms with E-state index in [4.69, 9.17) is 4.42 Å². The van der Waals surface area contributed by atoms with Gasteiger partial charge in [-0.25, -0.2) is 0 Å². The van der Waals surface area contributed by atoms with E-state index in [1.54, 1.807) is 0 Å². The van der Waals surface area contributed by atoms with Crippen molar-refractivity contribution >= 4 is 60.1 Å². The van der Waals surface area contributed by atoms with Crippen LogP contribution >= 0.6 is 0 Å². The molecule has 1 aliphatic carbocycles. The summed E-state index contributed by atoms with van der Waals surface area (Å²) >= 11 is 0. The lowest BCUT2D eigenvalue weighted by atomic mass is 9.84. The van der Waals surface area contributed by atoms with Crippen molar-refractivity contribution in [3.8, 4) is 44.5 Å². The summed E-state index contributed by atoms with van der Waals surface area (Å²) < 4.78 is 6.69. The second-order valence-electron chi connectivity index (χ2n) is 14.8. The van der Waals surface area contributed by atoms with Gasteiger partial charge in [0.15, 0.2) is 0 Å². The van der Waals surface area contributed by atoms with Crippen molar-refractivity contribution in [2.75, 3.05) is 0 Å². The van der Waals surface area contributed by atoms with Crippen LogP contribution in [0.4, 0.5) is 0 Å². The van der Waals surface area contributed by atoms with E-state index in [2.05, 4.69) is 189 Å². The van der Waals surface area contributed by atoms with Crippen LogP contribution in [0.15, 0.2) is 180 Å². The highest BCUT2D eigenvalue weighted by molar-refractivity contribution is 6.22. The second-order valence-corrected chi connectivity index (χ2v) is 14.8. The zero-order valence-corrected chi connectivity index (χ0v) is 30.0. The van der Waals surface area contributed by atoms with Crippen LogP contribution in [-0.4, -0.2) is 0 Å². The molecule has 0 spiro atoms. The molecule has 1 aliphatic rings. The lowest BCUT2D eigenvalue weighted by molar-refractivity contribution is 0.504. The summed E-state index contributed by atoms with van der Waals surface area (Å²) in [6.07, 6.45) is 5.53. The number of benzene rings is 9. The largest absolute Gasteiger partial charge is 0.459 e. The third-order valence-corrected chi connectivity index (χ3v) is 11.7. The topological polar surface area (TPSA) is 13.1 Å². The summed E-state index contributed by atoms with van der Waals surface area (Å²) in [5, 5.41) is 11.2. The molecule has 1 unspecified atom stereocenters. The Kier molecular flexibility index (Phi) is 6.97. The smallest absolute Gasteiger partial charge is 0.142 e. The van der Waals surface area contributed by atoms with Crippen LogP contribution in [0.1, 0.15) is 30.6 Å². The molecule has 0 saturated carbocycles. The summed E-state index contributed by atoms with van der Waals surface area (Å²) in [7, 11) is 0. The molecule has 254 valence electrons. The van der Waals surface area contributed by atoms with Crippen LogP contribution in [0.3, 0.4) is 0 Å². The van der Waals surface area contributed by atoms with Gasteiger partial charge in [0.25, 0.3) is 0 Å². The summed E-state index contributed by atoms with van der Waals surface area (Å²) in [6.45, 7) is 2.26. The minimum atomic E-state index is 0.376. The summed E-state index contributed by atoms with van der Waals surface area (Å²) in [4.78, 5) is 0. The summed E-state index contributed by atoms with van der Waals surface area (Å²) in [6, 6.07) is 62.5. The molecular formula is C53H36O. The molecule has 10 aromatic rings. The molecule has 0 amide bonds. The minimum absolute atomic E-state index is 0.376. The average Bonchev–Trinajstić information content (AvgIpc) is 3.63. The van der Waals surface area contributed by atoms with Crippen LogP contribution in [0.25, 0.3) is 105 Å². The van der Waals surface area contributed by atoms with Gasteiger partial charge in [0.1, 0.15) is 11.3 Å². The van der Waals surface area contributed by atoms with Gasteiger partial charge in [-0.15, -0.1) is 0 Å². The van der Waals surface area contributed by atoms with E-state index >= 15 is 0 Å². The quantitative estimate of drug-likeness (QED) is 0.168. The minimum Gasteiger partial charge on any atom is -0.459 e. The van der Waals surface area contributed by atoms with E-state index in [1.807, 2.05) is 0 Å². The molecule has 1 nitrogen and oxygen atoms in total. The molecule has 54 heavy (non-hydrogen) atoms. The first kappa shape index (κ1) is 30.9. The monoisotopic (exact) mass is 688 g/mol. The molecule has 1 heteroatoms. The SMILES string of the molecule is CC1CC=Cc2c1oc1c(-c3ccc(-c4cccc(-c5c6ccccc6c(-c6ccc7ccccc7c6)c6ccccc56)c4)c4ccccc34)cccc21. The molecule has 1 heterocycles. The van der Waals surface area contributed by atoms with Crippen molar-refractivity contribution in [3.05, 3.63) is 187 Å². The summed E-state index contributed by atoms with van der Waals surface area (Å²) in [5.41, 5.74) is 12.0. The highest BCUT2D eigenvalue weighted by Crippen LogP contribution is 2.46. The standard InChI is InChI=1S/C53H36O/c1-33-13-10-24-48-49-26-12-25-47(53(49)54-52(33)48)42-30-29-39(40-18-4-5-19-41(40)42)36-16-11-17-37(32-36)50-43-20-6-8-22-45(43)51(46-23-9-7-21-44(46)50)38-28-27-34-14-2-3-15-35(34)31-38/h2-12,14-33H,13H2,1H3. The zero-order valence-electron chi connectivity index (χ0n) is 30.0. The van der Waals surface area contributed by atoms with E-state index < -0.39 is 0 Å². The van der Waals surface area contributed by atoms with Gasteiger partial charge in [-0.2, -0.15) is 0 Å². The van der Waals surface area contributed by atoms with Gasteiger partial charge < -0.3 is 4.42 Å². The zero-order chi connectivity index (χ0) is 35.8. The van der Waals surface area contributed by atoms with Crippen molar-refractivity contribution in [1.29, 1.82) is 0 Å². The molecule has 0 N–H and O–H groups in total. The third kappa shape index (κ3) is 4.72. The summed E-state index contributed by atoms with van der Waals surface area (Å²) in [5.74, 6) is 1.48. The molecule has 0 radical (unpaired) electrons. The predicted octanol–water partition coefficient (Wildman–Crippen LogP) is 15.2. The number of hydrogen-bond acceptors (Lipinski definition) is 1. The second kappa shape index (κ2) is 12.2. The lowest BCUT2D eigenvalue weighted by Gasteiger charge is -2.19. The number of hydrogen-bond donors (Lipinski definition) is 0. The van der Waals surface area contributed by atoms with E-state index in [1.165, 1.54) is 93.0 Å². The third-order valence-electron chi connectivity index (χ3n) is 11.7. The number of rotatable bonds is 4. The molecule has 9 aromatic carbocycles. The number of para-hydroxylation sites is 1. The first-order valence-electron chi connectivity index (χ1n) is 19.0. The Bertz CT molecular complexity index is 3100. The van der Waals surface area contributed by atoms with Gasteiger partial charge in [0.05, 0.1) is 0 Å². The molecular weight excluding hydrogens is 653 g/mol. The maximum absolute atomic E-state index is 6.69. The van der Waals surface area contributed by atoms with Crippen LogP contribution in [0.2, 0.25) is 0 Å². The van der Waals surface area contributed by atoms with Gasteiger partial charge in [0, 0.05) is 22.4 Å². The number of fused-ring (bicyclic) bond motifs is 7. The fourth-order valence-corrected chi connectivity index (χ4v) is 9.13. The Hall–Kier alpha value is -6.70. The van der Waals surface area contributed by atoms with Crippen molar-refractivity contribution in [1.82, 2.24) is 0 Å². The molecule has 11 rings (SSSR count). The Morgan fingerprint density at radius 2 is 0.981 bits per heavy atom. The Labute approximate surface area is 314 Å². The van der Waals surface area contributed by atoms with Crippen LogP contribution in [0, 0.1) is 0 Å². The van der Waals surface area contributed by atoms with Crippen molar-refractivity contribution in [2.24, 2.45) is 0 Å². The van der Waals surface area contributed by atoms with Crippen LogP contribution in [-0.2, 0) is 0 Å². The van der Waals surface area contributed by atoms with E-state index in [9.17, 15) is 0 Å². The molecule has 0 aliphatic heterocycles. The fraction of sp³-hybridized carbons (Fsp3) is 0.0566. The Balaban J connectivity index is 1.10. The maximum atomic E-state index is 6.69. The van der Waals surface area contributed by atoms with Gasteiger partial charge in [-0.1, -0.05) is 177 Å². The van der Waals surface area contributed by atoms with Crippen LogP contribution < -0.4 is 0 Å². The average molecular weight is 689 g/mol. The fourth-order valence-electron chi connectivity index (χ4n) is 9.13. The van der Waals surface area contributed by atoms with Gasteiger partial charge in [0.2, 0.25) is 0 Å². The van der Waals surface area contributed by atoms with Gasteiger partial charge in [-0.3, -0.25) is 0 Å². The first-order chi connectivity index (χ1) is 26.7. The predicted molar refractivity (Wildman–Crippen MR) is 230 cm³/mol. The van der Waals surface area contributed by atoms with Crippen molar-refractivity contribution < 1.29 is 4.42 Å².